The normalized spacial score (nSPS) is 13.3. The van der Waals surface area contributed by atoms with Crippen molar-refractivity contribution in [2.75, 3.05) is 5.73 Å². The van der Waals surface area contributed by atoms with Crippen LogP contribution >= 0.6 is 15.9 Å². The number of unbranched alkanes of at least 4 members (excludes halogenated alkanes) is 3. The van der Waals surface area contributed by atoms with Gasteiger partial charge >= 0.3 is 0 Å². The summed E-state index contributed by atoms with van der Waals surface area (Å²) in [7, 11) is -3.48. The van der Waals surface area contributed by atoms with Crippen LogP contribution in [-0.2, 0) is 10.0 Å². The van der Waals surface area contributed by atoms with Crippen molar-refractivity contribution < 1.29 is 8.42 Å². The molecule has 0 aliphatic rings. The molecule has 1 aromatic rings. The third kappa shape index (κ3) is 5.42. The van der Waals surface area contributed by atoms with Crippen LogP contribution in [0.5, 0.6) is 0 Å². The number of halogens is 1. The van der Waals surface area contributed by atoms with Crippen LogP contribution in [-0.4, -0.2) is 14.5 Å². The van der Waals surface area contributed by atoms with E-state index in [0.717, 1.165) is 19.3 Å². The highest BCUT2D eigenvalue weighted by molar-refractivity contribution is 9.10. The Hall–Kier alpha value is -0.590. The monoisotopic (exact) mass is 362 g/mol. The zero-order valence-corrected chi connectivity index (χ0v) is 14.4. The molecule has 0 bridgehead atoms. The van der Waals surface area contributed by atoms with Crippen LogP contribution in [0, 0.1) is 0 Å². The number of benzene rings is 1. The number of nitrogens with two attached hydrogens (primary N) is 1. The zero-order valence-electron chi connectivity index (χ0n) is 12.0. The first-order valence-electron chi connectivity index (χ1n) is 6.94. The second kappa shape index (κ2) is 8.00. The van der Waals surface area contributed by atoms with Gasteiger partial charge < -0.3 is 5.73 Å². The van der Waals surface area contributed by atoms with E-state index in [1.54, 1.807) is 6.07 Å². The molecule has 0 spiro atoms. The molecule has 20 heavy (non-hydrogen) atoms. The zero-order chi connectivity index (χ0) is 15.2. The molecule has 1 aromatic carbocycles. The van der Waals surface area contributed by atoms with E-state index in [9.17, 15) is 8.42 Å². The van der Waals surface area contributed by atoms with Gasteiger partial charge in [-0.15, -0.1) is 0 Å². The molecule has 3 N–H and O–H groups in total. The average molecular weight is 363 g/mol. The first kappa shape index (κ1) is 17.5. The van der Waals surface area contributed by atoms with Gasteiger partial charge in [0.2, 0.25) is 10.0 Å². The Morgan fingerprint density at radius 3 is 2.60 bits per heavy atom. The lowest BCUT2D eigenvalue weighted by Gasteiger charge is -2.14. The Balaban J connectivity index is 2.62. The fourth-order valence-electron chi connectivity index (χ4n) is 1.94. The number of nitrogen functional groups attached to an aromatic ring is 1. The molecular weight excluding hydrogens is 340 g/mol. The number of sulfonamides is 1. The SMILES string of the molecule is CCCCCCC(C)NS(=O)(=O)c1ccc(N)c(Br)c1. The number of anilines is 1. The maximum absolute atomic E-state index is 12.2. The molecule has 0 aliphatic heterocycles. The molecule has 0 amide bonds. The average Bonchev–Trinajstić information content (AvgIpc) is 2.37. The van der Waals surface area contributed by atoms with Crippen LogP contribution in [0.15, 0.2) is 27.6 Å². The van der Waals surface area contributed by atoms with Gasteiger partial charge in [-0.2, -0.15) is 0 Å². The first-order chi connectivity index (χ1) is 9.36. The highest BCUT2D eigenvalue weighted by atomic mass is 79.9. The predicted octanol–water partition coefficient (Wildman–Crippen LogP) is 3.67. The van der Waals surface area contributed by atoms with E-state index in [1.165, 1.54) is 25.0 Å². The molecule has 0 radical (unpaired) electrons. The first-order valence-corrected chi connectivity index (χ1v) is 9.21. The molecule has 4 nitrogen and oxygen atoms in total. The van der Waals surface area contributed by atoms with Crippen molar-refractivity contribution in [3.63, 3.8) is 0 Å². The summed E-state index contributed by atoms with van der Waals surface area (Å²) >= 11 is 3.25. The van der Waals surface area contributed by atoms with E-state index >= 15 is 0 Å². The lowest BCUT2D eigenvalue weighted by atomic mass is 10.1. The van der Waals surface area contributed by atoms with Crippen molar-refractivity contribution in [2.24, 2.45) is 0 Å². The summed E-state index contributed by atoms with van der Waals surface area (Å²) in [6.07, 6.45) is 5.43. The summed E-state index contributed by atoms with van der Waals surface area (Å²) < 4.78 is 27.7. The minimum absolute atomic E-state index is 0.0619. The minimum atomic E-state index is -3.48. The molecule has 1 unspecified atom stereocenters. The summed E-state index contributed by atoms with van der Waals surface area (Å²) in [6, 6.07) is 4.58. The van der Waals surface area contributed by atoms with Crippen molar-refractivity contribution in [3.8, 4) is 0 Å². The van der Waals surface area contributed by atoms with Crippen LogP contribution in [0.2, 0.25) is 0 Å². The number of nitrogens with one attached hydrogen (secondary N) is 1. The van der Waals surface area contributed by atoms with Gasteiger partial charge in [0.25, 0.3) is 0 Å². The van der Waals surface area contributed by atoms with Crippen molar-refractivity contribution in [1.29, 1.82) is 0 Å². The lowest BCUT2D eigenvalue weighted by Crippen LogP contribution is -2.32. The predicted molar refractivity (Wildman–Crippen MR) is 87.1 cm³/mol. The topological polar surface area (TPSA) is 72.2 Å². The van der Waals surface area contributed by atoms with Crippen molar-refractivity contribution in [1.82, 2.24) is 4.72 Å². The van der Waals surface area contributed by atoms with Gasteiger partial charge in [-0.3, -0.25) is 0 Å². The second-order valence-electron chi connectivity index (χ2n) is 5.05. The van der Waals surface area contributed by atoms with Crippen LogP contribution < -0.4 is 10.5 Å². The van der Waals surface area contributed by atoms with Gasteiger partial charge in [-0.25, -0.2) is 13.1 Å². The van der Waals surface area contributed by atoms with E-state index in [4.69, 9.17) is 5.73 Å². The van der Waals surface area contributed by atoms with Gasteiger partial charge in [-0.05, 0) is 47.5 Å². The molecular formula is C14H23BrN2O2S. The maximum Gasteiger partial charge on any atom is 0.240 e. The summed E-state index contributed by atoms with van der Waals surface area (Å²) in [5.74, 6) is 0. The Labute approximate surface area is 130 Å². The Morgan fingerprint density at radius 2 is 2.00 bits per heavy atom. The van der Waals surface area contributed by atoms with Crippen LogP contribution in [0.3, 0.4) is 0 Å². The quantitative estimate of drug-likeness (QED) is 0.547. The summed E-state index contributed by atoms with van der Waals surface area (Å²) in [6.45, 7) is 4.06. The largest absolute Gasteiger partial charge is 0.398 e. The fraction of sp³-hybridized carbons (Fsp3) is 0.571. The smallest absolute Gasteiger partial charge is 0.240 e. The van der Waals surface area contributed by atoms with Crippen molar-refractivity contribution in [3.05, 3.63) is 22.7 Å². The van der Waals surface area contributed by atoms with Crippen LogP contribution in [0.25, 0.3) is 0 Å². The van der Waals surface area contributed by atoms with Gasteiger partial charge in [0, 0.05) is 16.2 Å². The van der Waals surface area contributed by atoms with E-state index < -0.39 is 10.0 Å². The molecule has 0 aliphatic carbocycles. The Bertz CT molecular complexity index is 532. The fourth-order valence-corrected chi connectivity index (χ4v) is 3.78. The van der Waals surface area contributed by atoms with E-state index in [-0.39, 0.29) is 10.9 Å². The number of hydrogen-bond acceptors (Lipinski definition) is 3. The summed E-state index contributed by atoms with van der Waals surface area (Å²) in [4.78, 5) is 0.235. The molecule has 1 atom stereocenters. The number of rotatable bonds is 8. The molecule has 0 aromatic heterocycles. The molecule has 114 valence electrons. The molecule has 0 heterocycles. The maximum atomic E-state index is 12.2. The van der Waals surface area contributed by atoms with Crippen LogP contribution in [0.1, 0.15) is 46.0 Å². The van der Waals surface area contributed by atoms with Gasteiger partial charge in [0.05, 0.1) is 4.90 Å². The molecule has 6 heteroatoms. The summed E-state index contributed by atoms with van der Waals surface area (Å²) in [5, 5.41) is 0. The third-order valence-corrected chi connectivity index (χ3v) is 5.40. The molecule has 0 saturated carbocycles. The minimum Gasteiger partial charge on any atom is -0.398 e. The third-order valence-electron chi connectivity index (χ3n) is 3.13. The highest BCUT2D eigenvalue weighted by Gasteiger charge is 2.17. The van der Waals surface area contributed by atoms with Crippen molar-refractivity contribution in [2.45, 2.75) is 56.9 Å². The van der Waals surface area contributed by atoms with Crippen LogP contribution in [0.4, 0.5) is 5.69 Å². The van der Waals surface area contributed by atoms with E-state index in [0.29, 0.717) is 10.2 Å². The van der Waals surface area contributed by atoms with Crippen molar-refractivity contribution >= 4 is 31.6 Å². The Kier molecular flexibility index (Phi) is 6.99. The molecule has 0 fully saturated rings. The van der Waals surface area contributed by atoms with Gasteiger partial charge in [0.1, 0.15) is 0 Å². The molecule has 0 saturated heterocycles. The van der Waals surface area contributed by atoms with E-state index in [2.05, 4.69) is 27.6 Å². The second-order valence-corrected chi connectivity index (χ2v) is 7.62. The van der Waals surface area contributed by atoms with E-state index in [1.807, 2.05) is 6.92 Å². The van der Waals surface area contributed by atoms with Gasteiger partial charge in [-0.1, -0.05) is 32.6 Å². The molecule has 1 rings (SSSR count). The highest BCUT2D eigenvalue weighted by Crippen LogP contribution is 2.23. The lowest BCUT2D eigenvalue weighted by molar-refractivity contribution is 0.522. The summed E-state index contributed by atoms with van der Waals surface area (Å²) in [5.41, 5.74) is 6.19. The number of hydrogen-bond donors (Lipinski definition) is 2. The van der Waals surface area contributed by atoms with Gasteiger partial charge in [0.15, 0.2) is 0 Å². The standard InChI is InChI=1S/C14H23BrN2O2S/c1-3-4-5-6-7-11(2)17-20(18,19)12-8-9-14(16)13(15)10-12/h8-11,17H,3-7,16H2,1-2H3. The Morgan fingerprint density at radius 1 is 1.30 bits per heavy atom.